The molecule has 0 aromatic heterocycles. The van der Waals surface area contributed by atoms with E-state index in [4.69, 9.17) is 0 Å². The Balaban J connectivity index is 0.00000200. The minimum Gasteiger partial charge on any atom is -0.355 e. The second-order valence-electron chi connectivity index (χ2n) is 5.24. The highest BCUT2D eigenvalue weighted by Gasteiger charge is 2.20. The number of amides is 1. The molecular formula is C16H25ClN2O. The van der Waals surface area contributed by atoms with Gasteiger partial charge in [0.15, 0.2) is 0 Å². The average molecular weight is 297 g/mol. The van der Waals surface area contributed by atoms with Gasteiger partial charge >= 0.3 is 0 Å². The standard InChI is InChI=1S/C16H24N2O.ClH/c19-16(15-11-7-13-17-15)18-12-6-2-5-10-14-8-3-1-4-9-14;/h1,3-4,8-9,15,17H,2,5-7,10-13H2,(H,18,19);1H. The third-order valence-electron chi connectivity index (χ3n) is 3.66. The summed E-state index contributed by atoms with van der Waals surface area (Å²) in [6.45, 7) is 1.79. The molecule has 3 nitrogen and oxygen atoms in total. The molecule has 1 aliphatic heterocycles. The van der Waals surface area contributed by atoms with Crippen molar-refractivity contribution in [2.75, 3.05) is 13.1 Å². The lowest BCUT2D eigenvalue weighted by Gasteiger charge is -2.10. The molecule has 0 bridgehead atoms. The van der Waals surface area contributed by atoms with Crippen molar-refractivity contribution in [3.05, 3.63) is 35.9 Å². The first-order valence-electron chi connectivity index (χ1n) is 7.41. The van der Waals surface area contributed by atoms with Crippen molar-refractivity contribution in [3.63, 3.8) is 0 Å². The van der Waals surface area contributed by atoms with Gasteiger partial charge in [-0.25, -0.2) is 0 Å². The predicted molar refractivity (Wildman–Crippen MR) is 85.3 cm³/mol. The third-order valence-corrected chi connectivity index (χ3v) is 3.66. The highest BCUT2D eigenvalue weighted by Crippen LogP contribution is 2.06. The van der Waals surface area contributed by atoms with E-state index >= 15 is 0 Å². The maximum atomic E-state index is 11.7. The topological polar surface area (TPSA) is 41.1 Å². The number of rotatable bonds is 7. The van der Waals surface area contributed by atoms with E-state index in [1.165, 1.54) is 18.4 Å². The molecule has 1 aliphatic rings. The van der Waals surface area contributed by atoms with Crippen LogP contribution in [0.3, 0.4) is 0 Å². The van der Waals surface area contributed by atoms with Gasteiger partial charge in [-0.1, -0.05) is 36.8 Å². The Morgan fingerprint density at radius 3 is 2.70 bits per heavy atom. The van der Waals surface area contributed by atoms with Crippen LogP contribution >= 0.6 is 12.4 Å². The van der Waals surface area contributed by atoms with E-state index in [-0.39, 0.29) is 24.4 Å². The van der Waals surface area contributed by atoms with Crippen LogP contribution in [0.4, 0.5) is 0 Å². The molecular weight excluding hydrogens is 272 g/mol. The minimum absolute atomic E-state index is 0. The second kappa shape index (κ2) is 9.78. The molecule has 1 amide bonds. The largest absolute Gasteiger partial charge is 0.355 e. The summed E-state index contributed by atoms with van der Waals surface area (Å²) in [4.78, 5) is 11.7. The maximum Gasteiger partial charge on any atom is 0.237 e. The zero-order chi connectivity index (χ0) is 13.3. The summed E-state index contributed by atoms with van der Waals surface area (Å²) in [5.74, 6) is 0.181. The molecule has 4 heteroatoms. The van der Waals surface area contributed by atoms with E-state index in [1.54, 1.807) is 0 Å². The van der Waals surface area contributed by atoms with Crippen LogP contribution in [-0.2, 0) is 11.2 Å². The van der Waals surface area contributed by atoms with Gasteiger partial charge < -0.3 is 10.6 Å². The maximum absolute atomic E-state index is 11.7. The lowest BCUT2D eigenvalue weighted by Crippen LogP contribution is -2.40. The van der Waals surface area contributed by atoms with Crippen LogP contribution in [0.2, 0.25) is 0 Å². The van der Waals surface area contributed by atoms with Gasteiger partial charge in [-0.2, -0.15) is 0 Å². The first kappa shape index (κ1) is 17.0. The van der Waals surface area contributed by atoms with E-state index in [2.05, 4.69) is 41.0 Å². The van der Waals surface area contributed by atoms with Crippen molar-refractivity contribution in [3.8, 4) is 0 Å². The summed E-state index contributed by atoms with van der Waals surface area (Å²) in [6, 6.07) is 10.6. The number of hydrogen-bond donors (Lipinski definition) is 2. The zero-order valence-electron chi connectivity index (χ0n) is 11.9. The van der Waals surface area contributed by atoms with Crippen LogP contribution in [0.25, 0.3) is 0 Å². The lowest BCUT2D eigenvalue weighted by molar-refractivity contribution is -0.122. The highest BCUT2D eigenvalue weighted by molar-refractivity contribution is 5.85. The van der Waals surface area contributed by atoms with E-state index in [0.29, 0.717) is 0 Å². The fourth-order valence-electron chi connectivity index (χ4n) is 2.52. The van der Waals surface area contributed by atoms with Crippen LogP contribution in [0.15, 0.2) is 30.3 Å². The van der Waals surface area contributed by atoms with Gasteiger partial charge in [-0.15, -0.1) is 12.4 Å². The summed E-state index contributed by atoms with van der Waals surface area (Å²) in [7, 11) is 0. The molecule has 1 heterocycles. The summed E-state index contributed by atoms with van der Waals surface area (Å²) in [5, 5.41) is 6.24. The monoisotopic (exact) mass is 296 g/mol. The SMILES string of the molecule is Cl.O=C(NCCCCCc1ccccc1)C1CCCN1. The number of benzene rings is 1. The van der Waals surface area contributed by atoms with Crippen molar-refractivity contribution in [1.29, 1.82) is 0 Å². The number of aryl methyl sites for hydroxylation is 1. The average Bonchev–Trinajstić information content (AvgIpc) is 2.98. The van der Waals surface area contributed by atoms with Gasteiger partial charge in [0.1, 0.15) is 0 Å². The Morgan fingerprint density at radius 2 is 2.00 bits per heavy atom. The van der Waals surface area contributed by atoms with Crippen LogP contribution in [0.1, 0.15) is 37.7 Å². The van der Waals surface area contributed by atoms with E-state index in [0.717, 1.165) is 38.8 Å². The number of nitrogens with one attached hydrogen (secondary N) is 2. The van der Waals surface area contributed by atoms with Crippen LogP contribution in [-0.4, -0.2) is 25.0 Å². The Labute approximate surface area is 127 Å². The molecule has 20 heavy (non-hydrogen) atoms. The van der Waals surface area contributed by atoms with E-state index < -0.39 is 0 Å². The lowest BCUT2D eigenvalue weighted by atomic mass is 10.1. The van der Waals surface area contributed by atoms with Gasteiger partial charge in [-0.05, 0) is 44.2 Å². The first-order valence-corrected chi connectivity index (χ1v) is 7.41. The van der Waals surface area contributed by atoms with Crippen molar-refractivity contribution in [2.45, 2.75) is 44.6 Å². The Bertz CT molecular complexity index is 377. The summed E-state index contributed by atoms with van der Waals surface area (Å²) in [5.41, 5.74) is 1.40. The Hall–Kier alpha value is -1.06. The Morgan fingerprint density at radius 1 is 1.20 bits per heavy atom. The van der Waals surface area contributed by atoms with E-state index in [1.807, 2.05) is 0 Å². The molecule has 1 fully saturated rings. The molecule has 0 saturated carbocycles. The van der Waals surface area contributed by atoms with Gasteiger partial charge in [0, 0.05) is 6.54 Å². The van der Waals surface area contributed by atoms with Crippen molar-refractivity contribution in [1.82, 2.24) is 10.6 Å². The van der Waals surface area contributed by atoms with E-state index in [9.17, 15) is 4.79 Å². The fraction of sp³-hybridized carbons (Fsp3) is 0.562. The smallest absolute Gasteiger partial charge is 0.237 e. The summed E-state index contributed by atoms with van der Waals surface area (Å²) >= 11 is 0. The number of halogens is 1. The predicted octanol–water partition coefficient (Wildman–Crippen LogP) is 2.69. The molecule has 1 aromatic rings. The molecule has 112 valence electrons. The second-order valence-corrected chi connectivity index (χ2v) is 5.24. The van der Waals surface area contributed by atoms with Crippen LogP contribution < -0.4 is 10.6 Å². The number of carbonyl (C=O) groups is 1. The van der Waals surface area contributed by atoms with Crippen LogP contribution in [0.5, 0.6) is 0 Å². The van der Waals surface area contributed by atoms with Gasteiger partial charge in [0.2, 0.25) is 5.91 Å². The fourth-order valence-corrected chi connectivity index (χ4v) is 2.52. The molecule has 2 rings (SSSR count). The van der Waals surface area contributed by atoms with Gasteiger partial charge in [-0.3, -0.25) is 4.79 Å². The van der Waals surface area contributed by atoms with Crippen molar-refractivity contribution < 1.29 is 4.79 Å². The summed E-state index contributed by atoms with van der Waals surface area (Å²) in [6.07, 6.45) is 6.69. The number of unbranched alkanes of at least 4 members (excludes halogenated alkanes) is 2. The van der Waals surface area contributed by atoms with Crippen molar-refractivity contribution in [2.24, 2.45) is 0 Å². The van der Waals surface area contributed by atoms with Gasteiger partial charge in [0.25, 0.3) is 0 Å². The molecule has 1 unspecified atom stereocenters. The molecule has 0 radical (unpaired) electrons. The summed E-state index contributed by atoms with van der Waals surface area (Å²) < 4.78 is 0. The normalized spacial score (nSPS) is 17.5. The third kappa shape index (κ3) is 5.93. The molecule has 1 saturated heterocycles. The van der Waals surface area contributed by atoms with Gasteiger partial charge in [0.05, 0.1) is 6.04 Å². The highest BCUT2D eigenvalue weighted by atomic mass is 35.5. The molecule has 2 N–H and O–H groups in total. The first-order chi connectivity index (χ1) is 9.36. The molecule has 0 spiro atoms. The molecule has 1 atom stereocenters. The van der Waals surface area contributed by atoms with Crippen molar-refractivity contribution >= 4 is 18.3 Å². The Kier molecular flexibility index (Phi) is 8.31. The quantitative estimate of drug-likeness (QED) is 0.760. The molecule has 1 aromatic carbocycles. The number of carbonyl (C=O) groups excluding carboxylic acids is 1. The zero-order valence-corrected chi connectivity index (χ0v) is 12.8. The number of hydrogen-bond acceptors (Lipinski definition) is 2. The minimum atomic E-state index is 0. The molecule has 0 aliphatic carbocycles. The van der Waals surface area contributed by atoms with Crippen LogP contribution in [0, 0.1) is 0 Å².